The number of hydrogen-bond donors (Lipinski definition) is 2. The SMILES string of the molecule is O=C(Cn1ccc([C@H]2CCCNC2)n1)NCc1noc(-c2cccs2)n1. The molecule has 1 aliphatic rings. The summed E-state index contributed by atoms with van der Waals surface area (Å²) in [5, 5.41) is 16.6. The maximum absolute atomic E-state index is 12.1. The van der Waals surface area contributed by atoms with Crippen molar-refractivity contribution in [2.45, 2.75) is 31.8 Å². The van der Waals surface area contributed by atoms with Crippen LogP contribution >= 0.6 is 11.3 Å². The van der Waals surface area contributed by atoms with Gasteiger partial charge in [0.25, 0.3) is 5.89 Å². The van der Waals surface area contributed by atoms with Gasteiger partial charge in [-0.25, -0.2) is 0 Å². The van der Waals surface area contributed by atoms with Crippen molar-refractivity contribution in [1.82, 2.24) is 30.6 Å². The molecule has 0 radical (unpaired) electrons. The number of nitrogens with zero attached hydrogens (tertiary/aromatic N) is 4. The van der Waals surface area contributed by atoms with E-state index in [0.717, 1.165) is 36.5 Å². The molecule has 1 aliphatic heterocycles. The Morgan fingerprint density at radius 2 is 2.42 bits per heavy atom. The molecule has 4 heterocycles. The van der Waals surface area contributed by atoms with E-state index in [1.54, 1.807) is 4.68 Å². The molecule has 1 saturated heterocycles. The molecule has 26 heavy (non-hydrogen) atoms. The number of rotatable bonds is 6. The average Bonchev–Trinajstić information content (AvgIpc) is 3.41. The zero-order chi connectivity index (χ0) is 17.8. The zero-order valence-corrected chi connectivity index (χ0v) is 15.0. The van der Waals surface area contributed by atoms with Gasteiger partial charge in [0.15, 0.2) is 5.82 Å². The highest BCUT2D eigenvalue weighted by atomic mass is 32.1. The van der Waals surface area contributed by atoms with E-state index in [4.69, 9.17) is 4.52 Å². The largest absolute Gasteiger partial charge is 0.347 e. The first-order valence-electron chi connectivity index (χ1n) is 8.65. The highest BCUT2D eigenvalue weighted by molar-refractivity contribution is 7.13. The fraction of sp³-hybridized carbons (Fsp3) is 0.412. The summed E-state index contributed by atoms with van der Waals surface area (Å²) in [7, 11) is 0. The minimum Gasteiger partial charge on any atom is -0.347 e. The van der Waals surface area contributed by atoms with Crippen LogP contribution in [0.3, 0.4) is 0 Å². The van der Waals surface area contributed by atoms with Crippen molar-refractivity contribution in [3.05, 3.63) is 41.3 Å². The highest BCUT2D eigenvalue weighted by Gasteiger charge is 2.18. The van der Waals surface area contributed by atoms with Crippen LogP contribution in [-0.2, 0) is 17.9 Å². The number of aromatic nitrogens is 4. The quantitative estimate of drug-likeness (QED) is 0.684. The van der Waals surface area contributed by atoms with Crippen LogP contribution in [0.25, 0.3) is 10.8 Å². The predicted molar refractivity (Wildman–Crippen MR) is 96.5 cm³/mol. The van der Waals surface area contributed by atoms with Crippen molar-refractivity contribution in [1.29, 1.82) is 0 Å². The maximum Gasteiger partial charge on any atom is 0.268 e. The Morgan fingerprint density at radius 3 is 3.23 bits per heavy atom. The molecule has 1 amide bonds. The van der Waals surface area contributed by atoms with Crippen molar-refractivity contribution in [2.24, 2.45) is 0 Å². The van der Waals surface area contributed by atoms with Gasteiger partial charge < -0.3 is 15.2 Å². The summed E-state index contributed by atoms with van der Waals surface area (Å²) in [5.74, 6) is 1.23. The van der Waals surface area contributed by atoms with Crippen LogP contribution < -0.4 is 10.6 Å². The van der Waals surface area contributed by atoms with Crippen LogP contribution in [0.15, 0.2) is 34.3 Å². The number of hydrogen-bond acceptors (Lipinski definition) is 7. The lowest BCUT2D eigenvalue weighted by atomic mass is 9.97. The first kappa shape index (κ1) is 16.9. The van der Waals surface area contributed by atoms with Gasteiger partial charge in [0, 0.05) is 18.7 Å². The minimum atomic E-state index is -0.135. The number of thiophene rings is 1. The van der Waals surface area contributed by atoms with E-state index in [0.29, 0.717) is 17.6 Å². The van der Waals surface area contributed by atoms with Gasteiger partial charge in [-0.05, 0) is 36.9 Å². The van der Waals surface area contributed by atoms with E-state index in [9.17, 15) is 4.79 Å². The van der Waals surface area contributed by atoms with E-state index in [2.05, 4.69) is 25.9 Å². The van der Waals surface area contributed by atoms with E-state index in [-0.39, 0.29) is 19.0 Å². The summed E-state index contributed by atoms with van der Waals surface area (Å²) in [6.07, 6.45) is 4.16. The maximum atomic E-state index is 12.1. The molecule has 0 spiro atoms. The fourth-order valence-corrected chi connectivity index (χ4v) is 3.64. The van der Waals surface area contributed by atoms with Crippen LogP contribution in [0, 0.1) is 0 Å². The lowest BCUT2D eigenvalue weighted by Crippen LogP contribution is -2.29. The molecule has 0 unspecified atom stereocenters. The number of piperidine rings is 1. The molecule has 2 N–H and O–H groups in total. The van der Waals surface area contributed by atoms with Crippen molar-refractivity contribution < 1.29 is 9.32 Å². The Morgan fingerprint density at radius 1 is 1.46 bits per heavy atom. The Labute approximate surface area is 154 Å². The Hall–Kier alpha value is -2.52. The fourth-order valence-electron chi connectivity index (χ4n) is 2.99. The van der Waals surface area contributed by atoms with Gasteiger partial charge in [-0.2, -0.15) is 10.1 Å². The van der Waals surface area contributed by atoms with Crippen molar-refractivity contribution in [2.75, 3.05) is 13.1 Å². The summed E-state index contributed by atoms with van der Waals surface area (Å²) in [6.45, 7) is 2.43. The molecular formula is C17H20N6O2S. The van der Waals surface area contributed by atoms with Gasteiger partial charge in [-0.15, -0.1) is 11.3 Å². The van der Waals surface area contributed by atoms with Crippen molar-refractivity contribution in [3.8, 4) is 10.8 Å². The average molecular weight is 372 g/mol. The van der Waals surface area contributed by atoms with Gasteiger partial charge in [-0.3, -0.25) is 9.48 Å². The molecule has 1 fully saturated rings. The summed E-state index contributed by atoms with van der Waals surface area (Å²) in [5.41, 5.74) is 1.05. The first-order chi connectivity index (χ1) is 12.8. The minimum absolute atomic E-state index is 0.135. The molecule has 3 aromatic rings. The van der Waals surface area contributed by atoms with Crippen LogP contribution in [-0.4, -0.2) is 38.9 Å². The monoisotopic (exact) mass is 372 g/mol. The van der Waals surface area contributed by atoms with Gasteiger partial charge in [0.2, 0.25) is 5.91 Å². The number of carbonyl (C=O) groups is 1. The molecule has 4 rings (SSSR count). The molecule has 0 aliphatic carbocycles. The third-order valence-corrected chi connectivity index (χ3v) is 5.18. The normalized spacial score (nSPS) is 17.3. The number of carbonyl (C=O) groups excluding carboxylic acids is 1. The molecule has 136 valence electrons. The molecule has 9 heteroatoms. The summed E-state index contributed by atoms with van der Waals surface area (Å²) in [4.78, 5) is 17.3. The van der Waals surface area contributed by atoms with Crippen molar-refractivity contribution >= 4 is 17.2 Å². The van der Waals surface area contributed by atoms with E-state index in [1.165, 1.54) is 11.3 Å². The Balaban J connectivity index is 1.28. The summed E-state index contributed by atoms with van der Waals surface area (Å²) in [6, 6.07) is 5.84. The summed E-state index contributed by atoms with van der Waals surface area (Å²) < 4.78 is 6.88. The molecule has 0 bridgehead atoms. The second-order valence-corrected chi connectivity index (χ2v) is 7.20. The van der Waals surface area contributed by atoms with Gasteiger partial charge in [0.1, 0.15) is 6.54 Å². The lowest BCUT2D eigenvalue weighted by molar-refractivity contribution is -0.122. The molecular weight excluding hydrogens is 352 g/mol. The van der Waals surface area contributed by atoms with Crippen LogP contribution in [0.2, 0.25) is 0 Å². The molecule has 3 aromatic heterocycles. The topological polar surface area (TPSA) is 97.9 Å². The van der Waals surface area contributed by atoms with E-state index in [1.807, 2.05) is 29.8 Å². The van der Waals surface area contributed by atoms with Crippen LogP contribution in [0.5, 0.6) is 0 Å². The number of nitrogens with one attached hydrogen (secondary N) is 2. The summed E-state index contributed by atoms with van der Waals surface area (Å²) >= 11 is 1.53. The van der Waals surface area contributed by atoms with Crippen LogP contribution in [0.1, 0.15) is 30.3 Å². The molecule has 0 saturated carbocycles. The van der Waals surface area contributed by atoms with Gasteiger partial charge in [-0.1, -0.05) is 11.2 Å². The standard InChI is InChI=1S/C17H20N6O2S/c24-16(11-23-7-5-13(21-23)12-3-1-6-18-9-12)19-10-15-20-17(25-22-15)14-4-2-8-26-14/h2,4-5,7-8,12,18H,1,3,6,9-11H2,(H,19,24)/t12-/m0/s1. The molecule has 8 nitrogen and oxygen atoms in total. The third kappa shape index (κ3) is 4.00. The van der Waals surface area contributed by atoms with Crippen molar-refractivity contribution in [3.63, 3.8) is 0 Å². The predicted octanol–water partition coefficient (Wildman–Crippen LogP) is 1.78. The smallest absolute Gasteiger partial charge is 0.268 e. The Kier molecular flexibility index (Phi) is 5.07. The van der Waals surface area contributed by atoms with Gasteiger partial charge >= 0.3 is 0 Å². The van der Waals surface area contributed by atoms with E-state index < -0.39 is 0 Å². The zero-order valence-electron chi connectivity index (χ0n) is 14.2. The third-order valence-electron chi connectivity index (χ3n) is 4.33. The Bertz CT molecular complexity index is 850. The van der Waals surface area contributed by atoms with Crippen LogP contribution in [0.4, 0.5) is 0 Å². The highest BCUT2D eigenvalue weighted by Crippen LogP contribution is 2.22. The number of amides is 1. The second-order valence-electron chi connectivity index (χ2n) is 6.25. The molecule has 0 aromatic carbocycles. The molecule has 1 atom stereocenters. The first-order valence-corrected chi connectivity index (χ1v) is 9.53. The lowest BCUT2D eigenvalue weighted by Gasteiger charge is -2.20. The van der Waals surface area contributed by atoms with Gasteiger partial charge in [0.05, 0.1) is 17.1 Å². The second kappa shape index (κ2) is 7.79. The van der Waals surface area contributed by atoms with E-state index >= 15 is 0 Å².